The number of hydrogen-bond donors (Lipinski definition) is 1. The molecule has 0 spiro atoms. The van der Waals surface area contributed by atoms with Crippen molar-refractivity contribution in [1.29, 1.82) is 0 Å². The Bertz CT molecular complexity index is 581. The van der Waals surface area contributed by atoms with Gasteiger partial charge in [0.15, 0.2) is 5.82 Å². The molecule has 0 bridgehead atoms. The van der Waals surface area contributed by atoms with Gasteiger partial charge < -0.3 is 10.5 Å². The molecule has 96 valence electrons. The number of rotatable bonds is 3. The van der Waals surface area contributed by atoms with Gasteiger partial charge in [0.05, 0.1) is 0 Å². The van der Waals surface area contributed by atoms with Gasteiger partial charge >= 0.3 is 0 Å². The molecule has 7 heteroatoms. The summed E-state index contributed by atoms with van der Waals surface area (Å²) in [5, 5.41) is 14.2. The topological polar surface area (TPSA) is 78.3 Å². The Morgan fingerprint density at radius 2 is 2.33 bits per heavy atom. The van der Waals surface area contributed by atoms with E-state index in [0.29, 0.717) is 6.54 Å². The molecule has 0 amide bonds. The van der Waals surface area contributed by atoms with Crippen LogP contribution in [0.2, 0.25) is 0 Å². The van der Waals surface area contributed by atoms with Crippen LogP contribution in [0.1, 0.15) is 42.6 Å². The van der Waals surface area contributed by atoms with Gasteiger partial charge in [-0.1, -0.05) is 11.3 Å². The van der Waals surface area contributed by atoms with E-state index in [4.69, 9.17) is 10.5 Å². The maximum Gasteiger partial charge on any atom is 0.234 e. The monoisotopic (exact) mass is 265 g/mol. The molecule has 2 aromatic heterocycles. The highest BCUT2D eigenvalue weighted by Gasteiger charge is 2.46. The van der Waals surface area contributed by atoms with Crippen molar-refractivity contribution in [3.8, 4) is 0 Å². The van der Waals surface area contributed by atoms with Crippen molar-refractivity contribution in [2.45, 2.75) is 37.2 Å². The predicted octanol–water partition coefficient (Wildman–Crippen LogP) is 1.03. The number of nitrogens with two attached hydrogens (primary N) is 1. The number of fused-ring (bicyclic) bond motifs is 1. The summed E-state index contributed by atoms with van der Waals surface area (Å²) in [6, 6.07) is 0. The van der Waals surface area contributed by atoms with Gasteiger partial charge in [0.1, 0.15) is 11.1 Å². The SMILES string of the molecule is NCC1(c2nn3c(C4CCCO4)nnc3s2)CC1. The molecular formula is C11H15N5OS. The summed E-state index contributed by atoms with van der Waals surface area (Å²) in [5.41, 5.74) is 5.97. The first-order chi connectivity index (χ1) is 8.82. The standard InChI is InChI=1S/C11H15N5OS/c12-6-11(3-4-11)9-15-16-8(7-2-1-5-17-7)13-14-10(16)18-9/h7H,1-6,12H2. The summed E-state index contributed by atoms with van der Waals surface area (Å²) < 4.78 is 7.51. The highest BCUT2D eigenvalue weighted by atomic mass is 32.1. The summed E-state index contributed by atoms with van der Waals surface area (Å²) in [6.07, 6.45) is 4.44. The van der Waals surface area contributed by atoms with Crippen LogP contribution in [-0.4, -0.2) is 33.0 Å². The Kier molecular flexibility index (Phi) is 2.24. The quantitative estimate of drug-likeness (QED) is 0.896. The molecule has 0 aromatic carbocycles. The highest BCUT2D eigenvalue weighted by molar-refractivity contribution is 7.16. The third-order valence-corrected chi connectivity index (χ3v) is 5.08. The smallest absolute Gasteiger partial charge is 0.234 e. The first-order valence-electron chi connectivity index (χ1n) is 6.37. The van der Waals surface area contributed by atoms with Crippen molar-refractivity contribution < 1.29 is 4.74 Å². The van der Waals surface area contributed by atoms with Gasteiger partial charge in [-0.05, 0) is 25.7 Å². The average Bonchev–Trinajstić information content (AvgIpc) is 2.79. The molecule has 1 saturated carbocycles. The normalized spacial score (nSPS) is 25.9. The fraction of sp³-hybridized carbons (Fsp3) is 0.727. The molecule has 1 aliphatic heterocycles. The van der Waals surface area contributed by atoms with Crippen LogP contribution in [-0.2, 0) is 10.2 Å². The molecule has 1 unspecified atom stereocenters. The fourth-order valence-electron chi connectivity index (χ4n) is 2.48. The highest BCUT2D eigenvalue weighted by Crippen LogP contribution is 2.48. The van der Waals surface area contributed by atoms with Gasteiger partial charge in [0.2, 0.25) is 4.96 Å². The first kappa shape index (κ1) is 10.8. The number of aromatic nitrogens is 4. The zero-order valence-corrected chi connectivity index (χ0v) is 10.8. The van der Waals surface area contributed by atoms with Crippen LogP contribution in [0.5, 0.6) is 0 Å². The van der Waals surface area contributed by atoms with Crippen LogP contribution >= 0.6 is 11.3 Å². The Morgan fingerprint density at radius 3 is 3.00 bits per heavy atom. The summed E-state index contributed by atoms with van der Waals surface area (Å²) in [5.74, 6) is 0.845. The van der Waals surface area contributed by atoms with Crippen LogP contribution < -0.4 is 5.73 Å². The van der Waals surface area contributed by atoms with Gasteiger partial charge in [-0.2, -0.15) is 9.61 Å². The Balaban J connectivity index is 1.77. The lowest BCUT2D eigenvalue weighted by atomic mass is 10.1. The van der Waals surface area contributed by atoms with E-state index < -0.39 is 0 Å². The Morgan fingerprint density at radius 1 is 1.44 bits per heavy atom. The van der Waals surface area contributed by atoms with E-state index in [-0.39, 0.29) is 11.5 Å². The molecule has 0 radical (unpaired) electrons. The van der Waals surface area contributed by atoms with Crippen LogP contribution in [0.4, 0.5) is 0 Å². The fourth-order valence-corrected chi connectivity index (χ4v) is 3.59. The van der Waals surface area contributed by atoms with Crippen LogP contribution in [0, 0.1) is 0 Å². The molecule has 1 saturated heterocycles. The molecule has 2 aromatic rings. The maximum absolute atomic E-state index is 5.85. The second-order valence-corrected chi connectivity index (χ2v) is 6.10. The van der Waals surface area contributed by atoms with Gasteiger partial charge in [0, 0.05) is 18.6 Å². The predicted molar refractivity (Wildman–Crippen MR) is 66.6 cm³/mol. The summed E-state index contributed by atoms with van der Waals surface area (Å²) in [6.45, 7) is 1.48. The van der Waals surface area contributed by atoms with Crippen molar-refractivity contribution in [3.63, 3.8) is 0 Å². The molecule has 6 nitrogen and oxygen atoms in total. The molecule has 2 aliphatic rings. The zero-order chi connectivity index (χ0) is 12.2. The molecule has 2 fully saturated rings. The van der Waals surface area contributed by atoms with Gasteiger partial charge in [-0.3, -0.25) is 0 Å². The third-order valence-electron chi connectivity index (χ3n) is 3.93. The van der Waals surface area contributed by atoms with Crippen molar-refractivity contribution >= 4 is 16.3 Å². The van der Waals surface area contributed by atoms with Gasteiger partial charge in [-0.15, -0.1) is 10.2 Å². The van der Waals surface area contributed by atoms with Crippen LogP contribution in [0.25, 0.3) is 4.96 Å². The lowest BCUT2D eigenvalue weighted by Gasteiger charge is -2.07. The van der Waals surface area contributed by atoms with E-state index in [9.17, 15) is 0 Å². The molecule has 4 rings (SSSR count). The number of nitrogens with zero attached hydrogens (tertiary/aromatic N) is 4. The van der Waals surface area contributed by atoms with E-state index in [1.165, 1.54) is 0 Å². The largest absolute Gasteiger partial charge is 0.370 e. The molecule has 18 heavy (non-hydrogen) atoms. The lowest BCUT2D eigenvalue weighted by Crippen LogP contribution is -2.19. The van der Waals surface area contributed by atoms with Crippen molar-refractivity contribution in [1.82, 2.24) is 19.8 Å². The van der Waals surface area contributed by atoms with E-state index >= 15 is 0 Å². The minimum atomic E-state index is 0.0583. The second-order valence-electron chi connectivity index (χ2n) is 5.15. The average molecular weight is 265 g/mol. The first-order valence-corrected chi connectivity index (χ1v) is 7.18. The van der Waals surface area contributed by atoms with Crippen LogP contribution in [0.3, 0.4) is 0 Å². The lowest BCUT2D eigenvalue weighted by molar-refractivity contribution is 0.103. The number of hydrogen-bond acceptors (Lipinski definition) is 6. The zero-order valence-electron chi connectivity index (χ0n) is 10.0. The van der Waals surface area contributed by atoms with Crippen LogP contribution in [0.15, 0.2) is 0 Å². The molecule has 2 N–H and O–H groups in total. The van der Waals surface area contributed by atoms with Crippen molar-refractivity contribution in [2.24, 2.45) is 5.73 Å². The minimum absolute atomic E-state index is 0.0583. The van der Waals surface area contributed by atoms with E-state index in [1.807, 2.05) is 4.52 Å². The van der Waals surface area contributed by atoms with E-state index in [0.717, 1.165) is 48.1 Å². The maximum atomic E-state index is 5.85. The summed E-state index contributed by atoms with van der Waals surface area (Å²) >= 11 is 1.61. The van der Waals surface area contributed by atoms with E-state index in [1.54, 1.807) is 11.3 Å². The second kappa shape index (κ2) is 3.72. The molecule has 1 atom stereocenters. The minimum Gasteiger partial charge on any atom is -0.370 e. The molecular weight excluding hydrogens is 250 g/mol. The summed E-state index contributed by atoms with van der Waals surface area (Å²) in [7, 11) is 0. The summed E-state index contributed by atoms with van der Waals surface area (Å²) in [4.78, 5) is 0.857. The number of ether oxygens (including phenoxy) is 1. The van der Waals surface area contributed by atoms with Gasteiger partial charge in [-0.25, -0.2) is 0 Å². The molecule has 3 heterocycles. The van der Waals surface area contributed by atoms with Gasteiger partial charge in [0.25, 0.3) is 0 Å². The Labute approximate surface area is 108 Å². The molecule has 1 aliphatic carbocycles. The van der Waals surface area contributed by atoms with Crippen molar-refractivity contribution in [2.75, 3.05) is 13.2 Å². The Hall–Kier alpha value is -1.05. The van der Waals surface area contributed by atoms with Crippen molar-refractivity contribution in [3.05, 3.63) is 10.8 Å². The third kappa shape index (κ3) is 1.44. The van der Waals surface area contributed by atoms with E-state index in [2.05, 4.69) is 15.3 Å².